The summed E-state index contributed by atoms with van der Waals surface area (Å²) in [6.45, 7) is 3.92. The third-order valence-electron chi connectivity index (χ3n) is 8.34. The van der Waals surface area contributed by atoms with Crippen molar-refractivity contribution in [3.63, 3.8) is 0 Å². The molecule has 0 unspecified atom stereocenters. The Labute approximate surface area is 185 Å². The van der Waals surface area contributed by atoms with Gasteiger partial charge in [0.2, 0.25) is 0 Å². The zero-order chi connectivity index (χ0) is 21.6. The first-order valence-electron chi connectivity index (χ1n) is 11.7. The van der Waals surface area contributed by atoms with Crippen molar-refractivity contribution in [3.8, 4) is 5.75 Å². The summed E-state index contributed by atoms with van der Waals surface area (Å²) in [4.78, 5) is 12.1. The molecule has 0 spiro atoms. The molecule has 0 bridgehead atoms. The molecule has 162 valence electrons. The van der Waals surface area contributed by atoms with Gasteiger partial charge in [0.25, 0.3) is 0 Å². The van der Waals surface area contributed by atoms with E-state index in [0.717, 1.165) is 38.5 Å². The topological polar surface area (TPSA) is 46.5 Å². The summed E-state index contributed by atoms with van der Waals surface area (Å²) in [6.07, 6.45) is 10.6. The minimum atomic E-state index is -0.179. The van der Waals surface area contributed by atoms with Gasteiger partial charge < -0.3 is 9.84 Å². The first kappa shape index (κ1) is 20.4. The summed E-state index contributed by atoms with van der Waals surface area (Å²) < 4.78 is 6.08. The lowest BCUT2D eigenvalue weighted by Gasteiger charge is -2.54. The Morgan fingerprint density at radius 3 is 2.81 bits per heavy atom. The highest BCUT2D eigenvalue weighted by Crippen LogP contribution is 2.58. The summed E-state index contributed by atoms with van der Waals surface area (Å²) in [5.74, 6) is 1.75. The second-order valence-electron chi connectivity index (χ2n) is 9.98. The number of carbonyl (C=O) groups is 1. The molecule has 1 saturated carbocycles. The van der Waals surface area contributed by atoms with Crippen LogP contribution >= 0.6 is 0 Å². The van der Waals surface area contributed by atoms with Crippen molar-refractivity contribution in [2.45, 2.75) is 64.4 Å². The number of phenolic OH excluding ortho intramolecular Hbond substituents is 1. The molecule has 2 aromatic rings. The largest absolute Gasteiger partial charge is 0.508 e. The van der Waals surface area contributed by atoms with E-state index in [1.807, 2.05) is 12.1 Å². The Hall–Kier alpha value is -2.55. The molecule has 5 atom stereocenters. The summed E-state index contributed by atoms with van der Waals surface area (Å²) >= 11 is 0. The van der Waals surface area contributed by atoms with Gasteiger partial charge in [-0.2, -0.15) is 0 Å². The molecule has 3 aliphatic carbocycles. The molecule has 0 aliphatic heterocycles. The Kier molecular flexibility index (Phi) is 5.16. The Morgan fingerprint density at radius 2 is 1.97 bits per heavy atom. The van der Waals surface area contributed by atoms with Crippen molar-refractivity contribution in [2.75, 3.05) is 0 Å². The molecular weight excluding hydrogens is 384 g/mol. The van der Waals surface area contributed by atoms with Crippen molar-refractivity contribution in [1.82, 2.24) is 0 Å². The molecule has 0 heterocycles. The number of rotatable bonds is 1. The lowest BCUT2D eigenvalue weighted by Crippen LogP contribution is -2.50. The number of phenols is 1. The summed E-state index contributed by atoms with van der Waals surface area (Å²) in [5, 5.41) is 9.96. The highest BCUT2D eigenvalue weighted by atomic mass is 16.5. The number of esters is 1. The maximum Gasteiger partial charge on any atom is 0.302 e. The van der Waals surface area contributed by atoms with Crippen molar-refractivity contribution in [1.29, 1.82) is 0 Å². The Bertz CT molecular complexity index is 1020. The molecule has 0 saturated heterocycles. The van der Waals surface area contributed by atoms with Crippen LogP contribution in [0, 0.1) is 17.3 Å². The Morgan fingerprint density at radius 1 is 1.13 bits per heavy atom. The summed E-state index contributed by atoms with van der Waals surface area (Å²) in [6, 6.07) is 14.5. The number of aromatic hydroxyl groups is 1. The minimum Gasteiger partial charge on any atom is -0.508 e. The molecule has 3 aliphatic rings. The van der Waals surface area contributed by atoms with Gasteiger partial charge in [-0.05, 0) is 84.2 Å². The van der Waals surface area contributed by atoms with Gasteiger partial charge in [0, 0.05) is 18.8 Å². The highest BCUT2D eigenvalue weighted by molar-refractivity contribution is 5.66. The molecule has 5 rings (SSSR count). The molecule has 2 aromatic carbocycles. The second-order valence-corrected chi connectivity index (χ2v) is 9.98. The molecule has 1 N–H and O–H groups in total. The second kappa shape index (κ2) is 7.85. The highest BCUT2D eigenvalue weighted by Gasteiger charge is 2.52. The summed E-state index contributed by atoms with van der Waals surface area (Å²) in [7, 11) is 0. The summed E-state index contributed by atoms with van der Waals surface area (Å²) in [5.41, 5.74) is 5.18. The number of benzene rings is 2. The number of hydrogen-bond acceptors (Lipinski definition) is 3. The SMILES string of the molecule is CC(=O)O[C@@H]1Cc2ccccc2/C=C\C[C@H]2[C@@H]3CCc4cc(O)ccc4[C@H]3CC[C@]12C. The number of carbonyl (C=O) groups excluding carboxylic acids is 1. The van der Waals surface area contributed by atoms with Crippen LogP contribution in [-0.2, 0) is 22.4 Å². The van der Waals surface area contributed by atoms with Gasteiger partial charge in [-0.25, -0.2) is 0 Å². The average Bonchev–Trinajstić information content (AvgIpc) is 2.80. The molecule has 31 heavy (non-hydrogen) atoms. The number of hydrogen-bond donors (Lipinski definition) is 1. The number of ether oxygens (including phenoxy) is 1. The van der Waals surface area contributed by atoms with E-state index >= 15 is 0 Å². The minimum absolute atomic E-state index is 0.0525. The van der Waals surface area contributed by atoms with E-state index in [1.165, 1.54) is 22.3 Å². The quantitative estimate of drug-likeness (QED) is 0.576. The van der Waals surface area contributed by atoms with Crippen molar-refractivity contribution >= 4 is 12.0 Å². The van der Waals surface area contributed by atoms with Gasteiger partial charge in [0.05, 0.1) is 0 Å². The first-order chi connectivity index (χ1) is 15.0. The fourth-order valence-corrected chi connectivity index (χ4v) is 6.79. The van der Waals surface area contributed by atoms with Crippen molar-refractivity contribution in [3.05, 3.63) is 70.8 Å². The van der Waals surface area contributed by atoms with Crippen molar-refractivity contribution in [2.24, 2.45) is 17.3 Å². The number of aryl methyl sites for hydroxylation is 1. The standard InChI is InChI=1S/C28H32O3/c1-18(29)31-27-17-20-7-4-3-6-19(20)8-5-9-26-25-12-10-21-16-22(30)11-13-23(21)24(25)14-15-28(26,27)2/h3-8,11,13,16,24-27,30H,9-10,12,14-15,17H2,1-2H3/b8-5-/t24-,25-,26+,27-,28+/m1/s1. The van der Waals surface area contributed by atoms with Crippen LogP contribution in [0.1, 0.15) is 67.7 Å². The van der Waals surface area contributed by atoms with Gasteiger partial charge in [0.15, 0.2) is 0 Å². The molecule has 1 fully saturated rings. The third kappa shape index (κ3) is 3.58. The molecule has 3 heteroatoms. The van der Waals surface area contributed by atoms with Crippen LogP contribution in [0.25, 0.3) is 6.08 Å². The zero-order valence-electron chi connectivity index (χ0n) is 18.5. The monoisotopic (exact) mass is 416 g/mol. The molecule has 0 amide bonds. The van der Waals surface area contributed by atoms with Gasteiger partial charge in [-0.3, -0.25) is 4.79 Å². The molecule has 0 aromatic heterocycles. The van der Waals surface area contributed by atoms with Crippen LogP contribution in [0.15, 0.2) is 48.5 Å². The van der Waals surface area contributed by atoms with E-state index in [4.69, 9.17) is 4.74 Å². The van der Waals surface area contributed by atoms with Crippen LogP contribution in [0.3, 0.4) is 0 Å². The van der Waals surface area contributed by atoms with Gasteiger partial charge in [-0.15, -0.1) is 0 Å². The Balaban J connectivity index is 1.55. The van der Waals surface area contributed by atoms with Gasteiger partial charge in [0.1, 0.15) is 11.9 Å². The fraction of sp³-hybridized carbons (Fsp3) is 0.464. The van der Waals surface area contributed by atoms with E-state index in [0.29, 0.717) is 23.5 Å². The van der Waals surface area contributed by atoms with E-state index in [1.54, 1.807) is 6.92 Å². The lowest BCUT2D eigenvalue weighted by molar-refractivity contribution is -0.161. The van der Waals surface area contributed by atoms with E-state index in [2.05, 4.69) is 49.4 Å². The maximum absolute atomic E-state index is 12.1. The normalized spacial score (nSPS) is 32.7. The van der Waals surface area contributed by atoms with Gasteiger partial charge in [-0.1, -0.05) is 49.4 Å². The maximum atomic E-state index is 12.1. The molecule has 0 radical (unpaired) electrons. The average molecular weight is 417 g/mol. The van der Waals surface area contributed by atoms with E-state index in [9.17, 15) is 9.90 Å². The fourth-order valence-electron chi connectivity index (χ4n) is 6.79. The third-order valence-corrected chi connectivity index (χ3v) is 8.34. The van der Waals surface area contributed by atoms with Crippen LogP contribution in [-0.4, -0.2) is 17.2 Å². The predicted octanol–water partition coefficient (Wildman–Crippen LogP) is 6.05. The van der Waals surface area contributed by atoms with Crippen LogP contribution < -0.4 is 0 Å². The number of fused-ring (bicyclic) bond motifs is 6. The van der Waals surface area contributed by atoms with Crippen LogP contribution in [0.2, 0.25) is 0 Å². The van der Waals surface area contributed by atoms with Crippen LogP contribution in [0.4, 0.5) is 0 Å². The predicted molar refractivity (Wildman–Crippen MR) is 123 cm³/mol. The molecule has 3 nitrogen and oxygen atoms in total. The van der Waals surface area contributed by atoms with Crippen molar-refractivity contribution < 1.29 is 14.6 Å². The van der Waals surface area contributed by atoms with Crippen LogP contribution in [0.5, 0.6) is 5.75 Å². The lowest BCUT2D eigenvalue weighted by atomic mass is 9.52. The molecular formula is C28H32O3. The first-order valence-corrected chi connectivity index (χ1v) is 11.7. The number of allylic oxidation sites excluding steroid dienone is 1. The van der Waals surface area contributed by atoms with Gasteiger partial charge >= 0.3 is 5.97 Å². The van der Waals surface area contributed by atoms with E-state index < -0.39 is 0 Å². The zero-order valence-corrected chi connectivity index (χ0v) is 18.5. The smallest absolute Gasteiger partial charge is 0.302 e. The van der Waals surface area contributed by atoms with E-state index in [-0.39, 0.29) is 17.5 Å².